The standard InChI is InChI=1S/C20H23FN2O2S/c1-24-19-7-3-2-5-15(19)13-23(14-18-6-4-12-25-18)20(26)22-17-10-8-16(21)9-11-17/h2-3,5,7-11,18H,4,6,12-14H2,1H3,(H,22,26). The second-order valence-corrected chi connectivity index (χ2v) is 6.65. The molecule has 1 atom stereocenters. The summed E-state index contributed by atoms with van der Waals surface area (Å²) in [5, 5.41) is 3.78. The Morgan fingerprint density at radius 1 is 1.27 bits per heavy atom. The summed E-state index contributed by atoms with van der Waals surface area (Å²) in [6.07, 6.45) is 2.27. The van der Waals surface area contributed by atoms with E-state index in [2.05, 4.69) is 10.2 Å². The number of nitrogens with one attached hydrogen (secondary N) is 1. The lowest BCUT2D eigenvalue weighted by atomic mass is 10.1. The predicted octanol–water partition coefficient (Wildman–Crippen LogP) is 4.21. The molecule has 2 aromatic carbocycles. The van der Waals surface area contributed by atoms with Gasteiger partial charge >= 0.3 is 0 Å². The van der Waals surface area contributed by atoms with Crippen LogP contribution in [0.3, 0.4) is 0 Å². The fourth-order valence-corrected chi connectivity index (χ4v) is 3.29. The third-order valence-corrected chi connectivity index (χ3v) is 4.74. The molecule has 1 N–H and O–H groups in total. The Hall–Kier alpha value is -2.18. The Kier molecular flexibility index (Phi) is 6.41. The summed E-state index contributed by atoms with van der Waals surface area (Å²) in [5.41, 5.74) is 1.81. The summed E-state index contributed by atoms with van der Waals surface area (Å²) in [6.45, 7) is 2.10. The summed E-state index contributed by atoms with van der Waals surface area (Å²) in [4.78, 5) is 2.08. The predicted molar refractivity (Wildman–Crippen MR) is 105 cm³/mol. The fourth-order valence-electron chi connectivity index (χ4n) is 3.03. The molecule has 6 heteroatoms. The van der Waals surface area contributed by atoms with Crippen LogP contribution in [0.15, 0.2) is 48.5 Å². The van der Waals surface area contributed by atoms with E-state index in [4.69, 9.17) is 21.7 Å². The van der Waals surface area contributed by atoms with Gasteiger partial charge in [-0.05, 0) is 55.4 Å². The molecule has 2 aromatic rings. The number of para-hydroxylation sites is 1. The maximum atomic E-state index is 13.1. The molecule has 1 heterocycles. The molecule has 0 spiro atoms. The molecule has 1 aliphatic heterocycles. The smallest absolute Gasteiger partial charge is 0.173 e. The van der Waals surface area contributed by atoms with E-state index in [-0.39, 0.29) is 11.9 Å². The van der Waals surface area contributed by atoms with Gasteiger partial charge in [0.1, 0.15) is 11.6 Å². The molecule has 0 saturated carbocycles. The first-order valence-electron chi connectivity index (χ1n) is 8.70. The minimum atomic E-state index is -0.272. The van der Waals surface area contributed by atoms with Crippen molar-refractivity contribution in [3.8, 4) is 5.75 Å². The van der Waals surface area contributed by atoms with Crippen LogP contribution in [0.2, 0.25) is 0 Å². The molecule has 4 nitrogen and oxygen atoms in total. The Bertz CT molecular complexity index is 733. The number of anilines is 1. The number of thiocarbonyl (C=S) groups is 1. The van der Waals surface area contributed by atoms with Gasteiger partial charge in [-0.3, -0.25) is 0 Å². The van der Waals surface area contributed by atoms with E-state index >= 15 is 0 Å². The van der Waals surface area contributed by atoms with Gasteiger partial charge in [0.05, 0.1) is 13.2 Å². The van der Waals surface area contributed by atoms with E-state index in [1.807, 2.05) is 24.3 Å². The molecule has 0 bridgehead atoms. The van der Waals surface area contributed by atoms with Gasteiger partial charge < -0.3 is 19.7 Å². The van der Waals surface area contributed by atoms with Crippen molar-refractivity contribution in [2.45, 2.75) is 25.5 Å². The van der Waals surface area contributed by atoms with Crippen molar-refractivity contribution in [1.82, 2.24) is 4.90 Å². The first-order chi connectivity index (χ1) is 12.7. The van der Waals surface area contributed by atoms with Crippen molar-refractivity contribution in [1.29, 1.82) is 0 Å². The number of nitrogens with zero attached hydrogens (tertiary/aromatic N) is 1. The van der Waals surface area contributed by atoms with Gasteiger partial charge in [0.25, 0.3) is 0 Å². The second-order valence-electron chi connectivity index (χ2n) is 6.26. The Balaban J connectivity index is 1.75. The van der Waals surface area contributed by atoms with Crippen molar-refractivity contribution < 1.29 is 13.9 Å². The van der Waals surface area contributed by atoms with E-state index < -0.39 is 0 Å². The Morgan fingerprint density at radius 3 is 2.73 bits per heavy atom. The molecule has 138 valence electrons. The minimum absolute atomic E-state index is 0.165. The maximum Gasteiger partial charge on any atom is 0.173 e. The second kappa shape index (κ2) is 8.96. The third-order valence-electron chi connectivity index (χ3n) is 4.38. The largest absolute Gasteiger partial charge is 0.496 e. The molecular weight excluding hydrogens is 351 g/mol. The molecule has 0 aromatic heterocycles. The molecule has 0 radical (unpaired) electrons. The number of rotatable bonds is 6. The van der Waals surface area contributed by atoms with Crippen molar-refractivity contribution in [2.75, 3.05) is 25.6 Å². The average molecular weight is 374 g/mol. The highest BCUT2D eigenvalue weighted by Crippen LogP contribution is 2.22. The molecule has 3 rings (SSSR count). The summed E-state index contributed by atoms with van der Waals surface area (Å²) in [6, 6.07) is 14.1. The highest BCUT2D eigenvalue weighted by molar-refractivity contribution is 7.80. The highest BCUT2D eigenvalue weighted by Gasteiger charge is 2.22. The summed E-state index contributed by atoms with van der Waals surface area (Å²) in [7, 11) is 1.67. The monoisotopic (exact) mass is 374 g/mol. The number of benzene rings is 2. The highest BCUT2D eigenvalue weighted by atomic mass is 32.1. The van der Waals surface area contributed by atoms with Crippen LogP contribution >= 0.6 is 12.2 Å². The molecule has 26 heavy (non-hydrogen) atoms. The summed E-state index contributed by atoms with van der Waals surface area (Å²) < 4.78 is 24.4. The van der Waals surface area contributed by atoms with Gasteiger partial charge in [-0.2, -0.15) is 0 Å². The normalized spacial score (nSPS) is 16.3. The SMILES string of the molecule is COc1ccccc1CN(CC1CCCO1)C(=S)Nc1ccc(F)cc1. The van der Waals surface area contributed by atoms with Gasteiger partial charge in [0.2, 0.25) is 0 Å². The minimum Gasteiger partial charge on any atom is -0.496 e. The molecular formula is C20H23FN2O2S. The first kappa shape index (κ1) is 18.6. The van der Waals surface area contributed by atoms with Crippen molar-refractivity contribution in [3.63, 3.8) is 0 Å². The van der Waals surface area contributed by atoms with E-state index in [9.17, 15) is 4.39 Å². The molecule has 0 aliphatic carbocycles. The zero-order valence-electron chi connectivity index (χ0n) is 14.8. The van der Waals surface area contributed by atoms with E-state index in [1.165, 1.54) is 12.1 Å². The van der Waals surface area contributed by atoms with Crippen LogP contribution in [0.25, 0.3) is 0 Å². The lowest BCUT2D eigenvalue weighted by Crippen LogP contribution is -2.39. The Morgan fingerprint density at radius 2 is 2.04 bits per heavy atom. The zero-order valence-corrected chi connectivity index (χ0v) is 15.6. The van der Waals surface area contributed by atoms with Crippen LogP contribution < -0.4 is 10.1 Å². The number of hydrogen-bond donors (Lipinski definition) is 1. The van der Waals surface area contributed by atoms with Gasteiger partial charge in [-0.1, -0.05) is 18.2 Å². The van der Waals surface area contributed by atoms with E-state index in [1.54, 1.807) is 19.2 Å². The summed E-state index contributed by atoms with van der Waals surface area (Å²) >= 11 is 5.63. The number of halogens is 1. The average Bonchev–Trinajstić information content (AvgIpc) is 3.16. The molecule has 0 amide bonds. The number of methoxy groups -OCH3 is 1. The molecule has 1 saturated heterocycles. The van der Waals surface area contributed by atoms with Crippen LogP contribution in [0.5, 0.6) is 5.75 Å². The topological polar surface area (TPSA) is 33.7 Å². The van der Waals surface area contributed by atoms with Gasteiger partial charge in [-0.25, -0.2) is 4.39 Å². The van der Waals surface area contributed by atoms with Gasteiger partial charge in [0.15, 0.2) is 5.11 Å². The van der Waals surface area contributed by atoms with Crippen LogP contribution in [-0.2, 0) is 11.3 Å². The van der Waals surface area contributed by atoms with E-state index in [0.29, 0.717) is 18.2 Å². The first-order valence-corrected chi connectivity index (χ1v) is 9.11. The number of hydrogen-bond acceptors (Lipinski definition) is 3. The van der Waals surface area contributed by atoms with E-state index in [0.717, 1.165) is 36.4 Å². The van der Waals surface area contributed by atoms with Crippen LogP contribution in [0.1, 0.15) is 18.4 Å². The zero-order chi connectivity index (χ0) is 18.4. The van der Waals surface area contributed by atoms with Crippen LogP contribution in [0.4, 0.5) is 10.1 Å². The van der Waals surface area contributed by atoms with Crippen LogP contribution in [0, 0.1) is 5.82 Å². The van der Waals surface area contributed by atoms with Crippen molar-refractivity contribution in [3.05, 3.63) is 59.9 Å². The van der Waals surface area contributed by atoms with Crippen molar-refractivity contribution >= 4 is 23.0 Å². The molecule has 1 fully saturated rings. The summed E-state index contributed by atoms with van der Waals surface area (Å²) in [5.74, 6) is 0.557. The number of ether oxygens (including phenoxy) is 2. The molecule has 1 unspecified atom stereocenters. The Labute approximate surface area is 158 Å². The lowest BCUT2D eigenvalue weighted by Gasteiger charge is -2.29. The fraction of sp³-hybridized carbons (Fsp3) is 0.350. The van der Waals surface area contributed by atoms with Crippen molar-refractivity contribution in [2.24, 2.45) is 0 Å². The molecule has 1 aliphatic rings. The van der Waals surface area contributed by atoms with Gasteiger partial charge in [0, 0.05) is 30.9 Å². The quantitative estimate of drug-likeness (QED) is 0.766. The maximum absolute atomic E-state index is 13.1. The van der Waals surface area contributed by atoms with Crippen LogP contribution in [-0.4, -0.2) is 36.4 Å². The lowest BCUT2D eigenvalue weighted by molar-refractivity contribution is 0.0903. The third kappa shape index (κ3) is 4.93. The van der Waals surface area contributed by atoms with Gasteiger partial charge in [-0.15, -0.1) is 0 Å².